The molecule has 0 radical (unpaired) electrons. The molecule has 0 aliphatic heterocycles. The first-order chi connectivity index (χ1) is 8.83. The van der Waals surface area contributed by atoms with E-state index in [2.05, 4.69) is 17.4 Å². The standard InChI is InChI=1S/C16H24N2/c17-14-7-8-15-13(10-14)6-9-16(15)18-11-12-4-2-1-3-5-12/h7-8,10,12,16,18H,1-6,9,11,17H2. The van der Waals surface area contributed by atoms with Crippen LogP contribution in [0, 0.1) is 5.92 Å². The number of nitrogen functional groups attached to an aromatic ring is 1. The second-order valence-corrected chi connectivity index (χ2v) is 5.96. The molecule has 2 aliphatic rings. The zero-order chi connectivity index (χ0) is 12.4. The Morgan fingerprint density at radius 3 is 2.78 bits per heavy atom. The van der Waals surface area contributed by atoms with Crippen LogP contribution in [0.1, 0.15) is 55.7 Å². The average Bonchev–Trinajstić information content (AvgIpc) is 2.80. The number of nitrogens with two attached hydrogens (primary N) is 1. The molecular weight excluding hydrogens is 220 g/mol. The van der Waals surface area contributed by atoms with E-state index in [1.165, 1.54) is 62.6 Å². The van der Waals surface area contributed by atoms with Gasteiger partial charge >= 0.3 is 0 Å². The molecule has 98 valence electrons. The summed E-state index contributed by atoms with van der Waals surface area (Å²) in [5.41, 5.74) is 9.69. The highest BCUT2D eigenvalue weighted by atomic mass is 14.9. The van der Waals surface area contributed by atoms with Crippen LogP contribution in [0.5, 0.6) is 0 Å². The highest BCUT2D eigenvalue weighted by molar-refractivity contribution is 5.47. The highest BCUT2D eigenvalue weighted by Crippen LogP contribution is 2.33. The fraction of sp³-hybridized carbons (Fsp3) is 0.625. The van der Waals surface area contributed by atoms with Crippen molar-refractivity contribution in [1.82, 2.24) is 5.32 Å². The van der Waals surface area contributed by atoms with E-state index < -0.39 is 0 Å². The number of benzene rings is 1. The van der Waals surface area contributed by atoms with Crippen molar-refractivity contribution in [1.29, 1.82) is 0 Å². The molecule has 2 nitrogen and oxygen atoms in total. The molecule has 1 fully saturated rings. The van der Waals surface area contributed by atoms with Crippen LogP contribution in [-0.2, 0) is 6.42 Å². The summed E-state index contributed by atoms with van der Waals surface area (Å²) in [6.45, 7) is 1.20. The van der Waals surface area contributed by atoms with E-state index in [4.69, 9.17) is 5.73 Å². The van der Waals surface area contributed by atoms with Gasteiger partial charge in [0.25, 0.3) is 0 Å². The molecule has 2 aliphatic carbocycles. The Morgan fingerprint density at radius 1 is 1.11 bits per heavy atom. The Morgan fingerprint density at radius 2 is 1.94 bits per heavy atom. The third kappa shape index (κ3) is 2.54. The minimum Gasteiger partial charge on any atom is -0.399 e. The van der Waals surface area contributed by atoms with Crippen molar-refractivity contribution >= 4 is 5.69 Å². The van der Waals surface area contributed by atoms with E-state index >= 15 is 0 Å². The first kappa shape index (κ1) is 12.0. The summed E-state index contributed by atoms with van der Waals surface area (Å²) >= 11 is 0. The van der Waals surface area contributed by atoms with Crippen molar-refractivity contribution in [3.05, 3.63) is 29.3 Å². The van der Waals surface area contributed by atoms with E-state index in [0.717, 1.165) is 11.6 Å². The molecule has 3 rings (SSSR count). The number of hydrogen-bond donors (Lipinski definition) is 2. The molecule has 1 aromatic rings. The second kappa shape index (κ2) is 5.31. The van der Waals surface area contributed by atoms with Crippen molar-refractivity contribution < 1.29 is 0 Å². The Labute approximate surface area is 110 Å². The molecule has 1 saturated carbocycles. The molecule has 0 amide bonds. The summed E-state index contributed by atoms with van der Waals surface area (Å²) < 4.78 is 0. The van der Waals surface area contributed by atoms with E-state index in [1.54, 1.807) is 0 Å². The average molecular weight is 244 g/mol. The molecule has 1 aromatic carbocycles. The topological polar surface area (TPSA) is 38.0 Å². The number of aryl methyl sites for hydroxylation is 1. The van der Waals surface area contributed by atoms with Crippen molar-refractivity contribution in [3.63, 3.8) is 0 Å². The molecule has 1 unspecified atom stereocenters. The van der Waals surface area contributed by atoms with Gasteiger partial charge in [0.1, 0.15) is 0 Å². The fourth-order valence-electron chi connectivity index (χ4n) is 3.55. The monoisotopic (exact) mass is 244 g/mol. The van der Waals surface area contributed by atoms with Crippen LogP contribution in [-0.4, -0.2) is 6.54 Å². The van der Waals surface area contributed by atoms with Gasteiger partial charge in [0.2, 0.25) is 0 Å². The van der Waals surface area contributed by atoms with Crippen molar-refractivity contribution in [2.45, 2.75) is 51.0 Å². The van der Waals surface area contributed by atoms with E-state index in [9.17, 15) is 0 Å². The number of anilines is 1. The molecule has 3 N–H and O–H groups in total. The van der Waals surface area contributed by atoms with Gasteiger partial charge in [-0.2, -0.15) is 0 Å². The lowest BCUT2D eigenvalue weighted by Gasteiger charge is -2.24. The molecule has 0 spiro atoms. The molecule has 0 bridgehead atoms. The van der Waals surface area contributed by atoms with Crippen LogP contribution in [0.25, 0.3) is 0 Å². The first-order valence-electron chi connectivity index (χ1n) is 7.44. The van der Waals surface area contributed by atoms with Crippen LogP contribution < -0.4 is 11.1 Å². The zero-order valence-electron chi connectivity index (χ0n) is 11.1. The lowest BCUT2D eigenvalue weighted by atomic mass is 9.89. The molecule has 1 atom stereocenters. The van der Waals surface area contributed by atoms with Gasteiger partial charge in [0.05, 0.1) is 0 Å². The Hall–Kier alpha value is -1.02. The van der Waals surface area contributed by atoms with Crippen molar-refractivity contribution in [3.8, 4) is 0 Å². The van der Waals surface area contributed by atoms with Gasteiger partial charge < -0.3 is 11.1 Å². The van der Waals surface area contributed by atoms with Gasteiger partial charge in [0.15, 0.2) is 0 Å². The summed E-state index contributed by atoms with van der Waals surface area (Å²) in [6.07, 6.45) is 9.59. The van der Waals surface area contributed by atoms with E-state index in [0.29, 0.717) is 6.04 Å². The van der Waals surface area contributed by atoms with Crippen LogP contribution in [0.15, 0.2) is 18.2 Å². The summed E-state index contributed by atoms with van der Waals surface area (Å²) in [5, 5.41) is 3.79. The molecular formula is C16H24N2. The predicted octanol–water partition coefficient (Wildman–Crippen LogP) is 3.43. The molecule has 0 heterocycles. The first-order valence-corrected chi connectivity index (χ1v) is 7.44. The van der Waals surface area contributed by atoms with Gasteiger partial charge in [-0.05, 0) is 61.4 Å². The van der Waals surface area contributed by atoms with Gasteiger partial charge in [-0.3, -0.25) is 0 Å². The minimum atomic E-state index is 0.572. The quantitative estimate of drug-likeness (QED) is 0.799. The molecule has 2 heteroatoms. The summed E-state index contributed by atoms with van der Waals surface area (Å²) in [5.74, 6) is 0.914. The third-order valence-corrected chi connectivity index (χ3v) is 4.62. The van der Waals surface area contributed by atoms with Crippen LogP contribution in [0.4, 0.5) is 5.69 Å². The SMILES string of the molecule is Nc1ccc2c(c1)CCC2NCC1CCCCC1. The lowest BCUT2D eigenvalue weighted by Crippen LogP contribution is -2.27. The van der Waals surface area contributed by atoms with Gasteiger partial charge in [0, 0.05) is 11.7 Å². The predicted molar refractivity (Wildman–Crippen MR) is 76.5 cm³/mol. The second-order valence-electron chi connectivity index (χ2n) is 5.96. The van der Waals surface area contributed by atoms with Crippen LogP contribution in [0.3, 0.4) is 0 Å². The third-order valence-electron chi connectivity index (χ3n) is 4.62. The summed E-state index contributed by atoms with van der Waals surface area (Å²) in [7, 11) is 0. The van der Waals surface area contributed by atoms with Crippen molar-refractivity contribution in [2.24, 2.45) is 5.92 Å². The van der Waals surface area contributed by atoms with Gasteiger partial charge in [-0.15, -0.1) is 0 Å². The number of fused-ring (bicyclic) bond motifs is 1. The Kier molecular flexibility index (Phi) is 3.55. The maximum atomic E-state index is 5.85. The maximum Gasteiger partial charge on any atom is 0.0326 e. The van der Waals surface area contributed by atoms with Gasteiger partial charge in [-0.25, -0.2) is 0 Å². The normalized spacial score (nSPS) is 24.1. The van der Waals surface area contributed by atoms with Crippen LogP contribution >= 0.6 is 0 Å². The number of rotatable bonds is 3. The molecule has 0 saturated heterocycles. The Bertz CT molecular complexity index is 408. The van der Waals surface area contributed by atoms with E-state index in [1.807, 2.05) is 6.07 Å². The number of nitrogens with one attached hydrogen (secondary N) is 1. The minimum absolute atomic E-state index is 0.572. The molecule has 18 heavy (non-hydrogen) atoms. The lowest BCUT2D eigenvalue weighted by molar-refractivity contribution is 0.327. The van der Waals surface area contributed by atoms with Gasteiger partial charge in [-0.1, -0.05) is 25.3 Å². The highest BCUT2D eigenvalue weighted by Gasteiger charge is 2.23. The Balaban J connectivity index is 1.59. The van der Waals surface area contributed by atoms with Crippen molar-refractivity contribution in [2.75, 3.05) is 12.3 Å². The smallest absolute Gasteiger partial charge is 0.0326 e. The molecule has 0 aromatic heterocycles. The zero-order valence-corrected chi connectivity index (χ0v) is 11.1. The maximum absolute atomic E-state index is 5.85. The fourth-order valence-corrected chi connectivity index (χ4v) is 3.55. The summed E-state index contributed by atoms with van der Waals surface area (Å²) in [4.78, 5) is 0. The number of hydrogen-bond acceptors (Lipinski definition) is 2. The largest absolute Gasteiger partial charge is 0.399 e. The van der Waals surface area contributed by atoms with E-state index in [-0.39, 0.29) is 0 Å². The summed E-state index contributed by atoms with van der Waals surface area (Å²) in [6, 6.07) is 6.98. The van der Waals surface area contributed by atoms with Crippen LogP contribution in [0.2, 0.25) is 0 Å².